The highest BCUT2D eigenvalue weighted by Crippen LogP contribution is 2.22. The van der Waals surface area contributed by atoms with E-state index >= 15 is 0 Å². The van der Waals surface area contributed by atoms with Crippen molar-refractivity contribution in [2.45, 2.75) is 26.3 Å². The van der Waals surface area contributed by atoms with Gasteiger partial charge in [-0.05, 0) is 44.7 Å². The molecule has 0 spiro atoms. The van der Waals surface area contributed by atoms with Crippen LogP contribution in [-0.4, -0.2) is 23.0 Å². The highest BCUT2D eigenvalue weighted by atomic mass is 16.2. The molecular weight excluding hydrogens is 238 g/mol. The van der Waals surface area contributed by atoms with Gasteiger partial charge in [-0.25, -0.2) is 0 Å². The standard InChI is InChI=1S/C15H19N3O/c1-4-17-15(2,3)14(19)18-13-9-5-8-12-11(13)7-6-10-16-12/h5-10,17H,4H2,1-3H3,(H,18,19). The minimum Gasteiger partial charge on any atom is -0.324 e. The molecule has 1 heterocycles. The third-order valence-corrected chi connectivity index (χ3v) is 3.08. The number of nitrogens with zero attached hydrogens (tertiary/aromatic N) is 1. The van der Waals surface area contributed by atoms with Crippen LogP contribution in [0.15, 0.2) is 36.5 Å². The molecule has 1 aromatic carbocycles. The van der Waals surface area contributed by atoms with E-state index in [9.17, 15) is 4.79 Å². The zero-order valence-corrected chi connectivity index (χ0v) is 11.5. The van der Waals surface area contributed by atoms with Crippen molar-refractivity contribution in [2.75, 3.05) is 11.9 Å². The molecule has 0 fully saturated rings. The minimum absolute atomic E-state index is 0.0503. The SMILES string of the molecule is CCNC(C)(C)C(=O)Nc1cccc2ncccc12. The van der Waals surface area contributed by atoms with Gasteiger partial charge in [-0.15, -0.1) is 0 Å². The van der Waals surface area contributed by atoms with E-state index in [1.807, 2.05) is 51.1 Å². The Morgan fingerprint density at radius 2 is 2.05 bits per heavy atom. The predicted molar refractivity (Wildman–Crippen MR) is 78.1 cm³/mol. The minimum atomic E-state index is -0.598. The molecule has 0 saturated heterocycles. The van der Waals surface area contributed by atoms with Gasteiger partial charge in [0.1, 0.15) is 0 Å². The summed E-state index contributed by atoms with van der Waals surface area (Å²) in [5.41, 5.74) is 1.07. The fraction of sp³-hybridized carbons (Fsp3) is 0.333. The van der Waals surface area contributed by atoms with Gasteiger partial charge >= 0.3 is 0 Å². The molecule has 2 rings (SSSR count). The Balaban J connectivity index is 2.29. The number of anilines is 1. The smallest absolute Gasteiger partial charge is 0.244 e. The average Bonchev–Trinajstić information content (AvgIpc) is 2.39. The number of hydrogen-bond donors (Lipinski definition) is 2. The summed E-state index contributed by atoms with van der Waals surface area (Å²) < 4.78 is 0. The molecular formula is C15H19N3O. The van der Waals surface area contributed by atoms with Gasteiger partial charge in [-0.2, -0.15) is 0 Å². The lowest BCUT2D eigenvalue weighted by molar-refractivity contribution is -0.121. The molecule has 0 atom stereocenters. The third kappa shape index (κ3) is 2.90. The molecule has 0 radical (unpaired) electrons. The summed E-state index contributed by atoms with van der Waals surface area (Å²) in [7, 11) is 0. The number of benzene rings is 1. The average molecular weight is 257 g/mol. The first-order chi connectivity index (χ1) is 9.04. The van der Waals surface area contributed by atoms with E-state index in [0.29, 0.717) is 0 Å². The number of amides is 1. The number of nitrogens with one attached hydrogen (secondary N) is 2. The molecule has 0 aliphatic carbocycles. The van der Waals surface area contributed by atoms with Gasteiger partial charge in [-0.1, -0.05) is 13.0 Å². The molecule has 2 aromatic rings. The van der Waals surface area contributed by atoms with Gasteiger partial charge in [0.15, 0.2) is 0 Å². The van der Waals surface area contributed by atoms with E-state index in [1.54, 1.807) is 6.20 Å². The van der Waals surface area contributed by atoms with Gasteiger partial charge in [0.25, 0.3) is 0 Å². The van der Waals surface area contributed by atoms with Crippen LogP contribution in [-0.2, 0) is 4.79 Å². The lowest BCUT2D eigenvalue weighted by atomic mass is 10.0. The second-order valence-electron chi connectivity index (χ2n) is 4.99. The summed E-state index contributed by atoms with van der Waals surface area (Å²) in [6, 6.07) is 9.54. The summed E-state index contributed by atoms with van der Waals surface area (Å²) in [5.74, 6) is -0.0503. The van der Waals surface area contributed by atoms with E-state index in [2.05, 4.69) is 15.6 Å². The molecule has 0 saturated carbocycles. The molecule has 0 aliphatic heterocycles. The number of carbonyl (C=O) groups is 1. The quantitative estimate of drug-likeness (QED) is 0.885. The van der Waals surface area contributed by atoms with E-state index in [4.69, 9.17) is 0 Å². The number of fused-ring (bicyclic) bond motifs is 1. The predicted octanol–water partition coefficient (Wildman–Crippen LogP) is 2.56. The molecule has 4 nitrogen and oxygen atoms in total. The first-order valence-electron chi connectivity index (χ1n) is 6.45. The number of likely N-dealkylation sites (N-methyl/N-ethyl adjacent to an activating group) is 1. The molecule has 100 valence electrons. The van der Waals surface area contributed by atoms with E-state index in [0.717, 1.165) is 23.1 Å². The fourth-order valence-corrected chi connectivity index (χ4v) is 2.01. The fourth-order valence-electron chi connectivity index (χ4n) is 2.01. The topological polar surface area (TPSA) is 54.0 Å². The molecule has 0 unspecified atom stereocenters. The van der Waals surface area contributed by atoms with Crippen LogP contribution in [0.2, 0.25) is 0 Å². The number of hydrogen-bond acceptors (Lipinski definition) is 3. The highest BCUT2D eigenvalue weighted by molar-refractivity contribution is 6.04. The first-order valence-corrected chi connectivity index (χ1v) is 6.45. The molecule has 0 aliphatic rings. The number of aromatic nitrogens is 1. The molecule has 2 N–H and O–H groups in total. The third-order valence-electron chi connectivity index (χ3n) is 3.08. The normalized spacial score (nSPS) is 11.5. The zero-order valence-electron chi connectivity index (χ0n) is 11.5. The van der Waals surface area contributed by atoms with Gasteiger partial charge in [0.05, 0.1) is 16.7 Å². The Morgan fingerprint density at radius 3 is 2.79 bits per heavy atom. The van der Waals surface area contributed by atoms with Crippen LogP contribution in [0, 0.1) is 0 Å². The van der Waals surface area contributed by atoms with Crippen LogP contribution in [0.4, 0.5) is 5.69 Å². The molecule has 4 heteroatoms. The van der Waals surface area contributed by atoms with Crippen molar-refractivity contribution in [3.8, 4) is 0 Å². The lowest BCUT2D eigenvalue weighted by Crippen LogP contribution is -2.49. The van der Waals surface area contributed by atoms with Crippen LogP contribution in [0.3, 0.4) is 0 Å². The van der Waals surface area contributed by atoms with Crippen molar-refractivity contribution >= 4 is 22.5 Å². The maximum Gasteiger partial charge on any atom is 0.244 e. The van der Waals surface area contributed by atoms with Crippen molar-refractivity contribution in [3.05, 3.63) is 36.5 Å². The van der Waals surface area contributed by atoms with E-state index < -0.39 is 5.54 Å². The molecule has 19 heavy (non-hydrogen) atoms. The van der Waals surface area contributed by atoms with Crippen LogP contribution in [0.25, 0.3) is 10.9 Å². The second kappa shape index (κ2) is 5.36. The van der Waals surface area contributed by atoms with Gasteiger partial charge < -0.3 is 10.6 Å². The van der Waals surface area contributed by atoms with Crippen molar-refractivity contribution in [2.24, 2.45) is 0 Å². The van der Waals surface area contributed by atoms with Crippen LogP contribution < -0.4 is 10.6 Å². The Labute approximate surface area is 113 Å². The number of pyridine rings is 1. The van der Waals surface area contributed by atoms with Gasteiger partial charge in [0.2, 0.25) is 5.91 Å². The van der Waals surface area contributed by atoms with Crippen molar-refractivity contribution in [1.82, 2.24) is 10.3 Å². The lowest BCUT2D eigenvalue weighted by Gasteiger charge is -2.24. The Morgan fingerprint density at radius 1 is 1.26 bits per heavy atom. The Hall–Kier alpha value is -1.94. The van der Waals surface area contributed by atoms with Crippen LogP contribution >= 0.6 is 0 Å². The summed E-state index contributed by atoms with van der Waals surface area (Å²) in [4.78, 5) is 16.6. The first kappa shape index (κ1) is 13.5. The van der Waals surface area contributed by atoms with Crippen molar-refractivity contribution < 1.29 is 4.79 Å². The number of rotatable bonds is 4. The Bertz CT molecular complexity index is 587. The Kier molecular flexibility index (Phi) is 3.81. The highest BCUT2D eigenvalue weighted by Gasteiger charge is 2.26. The van der Waals surface area contributed by atoms with Crippen LogP contribution in [0.5, 0.6) is 0 Å². The maximum atomic E-state index is 12.3. The van der Waals surface area contributed by atoms with Crippen molar-refractivity contribution in [3.63, 3.8) is 0 Å². The zero-order chi connectivity index (χ0) is 13.9. The van der Waals surface area contributed by atoms with E-state index in [1.165, 1.54) is 0 Å². The maximum absolute atomic E-state index is 12.3. The van der Waals surface area contributed by atoms with Gasteiger partial charge in [-0.3, -0.25) is 9.78 Å². The largest absolute Gasteiger partial charge is 0.324 e. The molecule has 1 amide bonds. The van der Waals surface area contributed by atoms with Crippen molar-refractivity contribution in [1.29, 1.82) is 0 Å². The second-order valence-corrected chi connectivity index (χ2v) is 4.99. The molecule has 0 bridgehead atoms. The summed E-state index contributed by atoms with van der Waals surface area (Å²) >= 11 is 0. The van der Waals surface area contributed by atoms with E-state index in [-0.39, 0.29) is 5.91 Å². The molecule has 1 aromatic heterocycles. The monoisotopic (exact) mass is 257 g/mol. The van der Waals surface area contributed by atoms with Crippen LogP contribution in [0.1, 0.15) is 20.8 Å². The summed E-state index contributed by atoms with van der Waals surface area (Å²) in [6.07, 6.45) is 1.75. The van der Waals surface area contributed by atoms with Gasteiger partial charge in [0, 0.05) is 11.6 Å². The summed E-state index contributed by atoms with van der Waals surface area (Å²) in [6.45, 7) is 6.47. The number of carbonyl (C=O) groups excluding carboxylic acids is 1. The summed E-state index contributed by atoms with van der Waals surface area (Å²) in [5, 5.41) is 7.08.